The van der Waals surface area contributed by atoms with Gasteiger partial charge in [0.2, 0.25) is 0 Å². The lowest BCUT2D eigenvalue weighted by Crippen LogP contribution is -2.42. The van der Waals surface area contributed by atoms with E-state index in [2.05, 4.69) is 4.90 Å². The molecule has 1 aromatic rings. The number of rotatable bonds is 5. The van der Waals surface area contributed by atoms with Gasteiger partial charge in [0.15, 0.2) is 0 Å². The van der Waals surface area contributed by atoms with E-state index < -0.39 is 12.1 Å². The maximum absolute atomic E-state index is 10.9. The fourth-order valence-corrected chi connectivity index (χ4v) is 2.38. The van der Waals surface area contributed by atoms with Crippen molar-refractivity contribution in [2.45, 2.75) is 25.6 Å². The SMILES string of the molecule is CCN(Cc1cccc(C(=O)O)c1)[C@H]1COC[C@@H]1O. The van der Waals surface area contributed by atoms with Gasteiger partial charge in [-0.3, -0.25) is 4.90 Å². The van der Waals surface area contributed by atoms with Crippen molar-refractivity contribution >= 4 is 5.97 Å². The molecule has 19 heavy (non-hydrogen) atoms. The quantitative estimate of drug-likeness (QED) is 0.830. The number of aliphatic hydroxyl groups is 1. The molecule has 0 saturated carbocycles. The van der Waals surface area contributed by atoms with Crippen LogP contribution in [0.4, 0.5) is 0 Å². The highest BCUT2D eigenvalue weighted by Gasteiger charge is 2.30. The number of carbonyl (C=O) groups is 1. The molecule has 5 nitrogen and oxygen atoms in total. The molecule has 1 heterocycles. The summed E-state index contributed by atoms with van der Waals surface area (Å²) in [5.41, 5.74) is 1.22. The molecule has 0 spiro atoms. The van der Waals surface area contributed by atoms with Crippen molar-refractivity contribution in [1.82, 2.24) is 4.90 Å². The Balaban J connectivity index is 2.09. The molecule has 5 heteroatoms. The molecule has 0 aliphatic carbocycles. The third-order valence-corrected chi connectivity index (χ3v) is 3.46. The van der Waals surface area contributed by atoms with Crippen LogP contribution in [-0.4, -0.2) is 53.0 Å². The summed E-state index contributed by atoms with van der Waals surface area (Å²) in [6.07, 6.45) is -0.470. The van der Waals surface area contributed by atoms with Crippen LogP contribution in [0.5, 0.6) is 0 Å². The molecule has 0 aromatic heterocycles. The second-order valence-electron chi connectivity index (χ2n) is 4.74. The lowest BCUT2D eigenvalue weighted by Gasteiger charge is -2.28. The van der Waals surface area contributed by atoms with E-state index in [1.807, 2.05) is 13.0 Å². The van der Waals surface area contributed by atoms with Crippen molar-refractivity contribution in [1.29, 1.82) is 0 Å². The zero-order chi connectivity index (χ0) is 13.8. The lowest BCUT2D eigenvalue weighted by atomic mass is 10.1. The van der Waals surface area contributed by atoms with Gasteiger partial charge in [-0.25, -0.2) is 4.79 Å². The van der Waals surface area contributed by atoms with Crippen LogP contribution in [0, 0.1) is 0 Å². The standard InChI is InChI=1S/C14H19NO4/c1-2-15(12-8-19-9-13(12)16)7-10-4-3-5-11(6-10)14(17)18/h3-6,12-13,16H,2,7-9H2,1H3,(H,17,18)/t12-,13-/m0/s1. The van der Waals surface area contributed by atoms with Crippen molar-refractivity contribution in [2.24, 2.45) is 0 Å². The van der Waals surface area contributed by atoms with Crippen LogP contribution in [0.15, 0.2) is 24.3 Å². The molecular weight excluding hydrogens is 246 g/mol. The van der Waals surface area contributed by atoms with Gasteiger partial charge in [-0.15, -0.1) is 0 Å². The third-order valence-electron chi connectivity index (χ3n) is 3.46. The third kappa shape index (κ3) is 3.32. The van der Waals surface area contributed by atoms with Gasteiger partial charge in [0.1, 0.15) is 0 Å². The second-order valence-corrected chi connectivity index (χ2v) is 4.74. The number of likely N-dealkylation sites (N-methyl/N-ethyl adjacent to an activating group) is 1. The van der Waals surface area contributed by atoms with Crippen LogP contribution in [0.25, 0.3) is 0 Å². The molecule has 104 valence electrons. The van der Waals surface area contributed by atoms with Crippen LogP contribution in [0.3, 0.4) is 0 Å². The monoisotopic (exact) mass is 265 g/mol. The Morgan fingerprint density at radius 3 is 2.84 bits per heavy atom. The Hall–Kier alpha value is -1.43. The molecule has 1 saturated heterocycles. The molecule has 0 radical (unpaired) electrons. The number of aromatic carboxylic acids is 1. The number of nitrogens with zero attached hydrogens (tertiary/aromatic N) is 1. The molecule has 2 atom stereocenters. The molecule has 1 aliphatic heterocycles. The minimum atomic E-state index is -0.922. The van der Waals surface area contributed by atoms with E-state index in [0.29, 0.717) is 19.8 Å². The first-order chi connectivity index (χ1) is 9.11. The van der Waals surface area contributed by atoms with E-state index in [1.165, 1.54) is 0 Å². The summed E-state index contributed by atoms with van der Waals surface area (Å²) in [4.78, 5) is 13.1. The van der Waals surface area contributed by atoms with Crippen molar-refractivity contribution < 1.29 is 19.7 Å². The van der Waals surface area contributed by atoms with E-state index in [-0.39, 0.29) is 11.6 Å². The van der Waals surface area contributed by atoms with E-state index in [0.717, 1.165) is 12.1 Å². The molecule has 2 rings (SSSR count). The summed E-state index contributed by atoms with van der Waals surface area (Å²) >= 11 is 0. The maximum atomic E-state index is 10.9. The number of hydrogen-bond acceptors (Lipinski definition) is 4. The molecule has 0 unspecified atom stereocenters. The van der Waals surface area contributed by atoms with Crippen LogP contribution < -0.4 is 0 Å². The predicted molar refractivity (Wildman–Crippen MR) is 70.1 cm³/mol. The Labute approximate surface area is 112 Å². The fourth-order valence-electron chi connectivity index (χ4n) is 2.38. The van der Waals surface area contributed by atoms with E-state index in [4.69, 9.17) is 9.84 Å². The topological polar surface area (TPSA) is 70.0 Å². The van der Waals surface area contributed by atoms with Gasteiger partial charge >= 0.3 is 5.97 Å². The first-order valence-corrected chi connectivity index (χ1v) is 6.44. The van der Waals surface area contributed by atoms with Gasteiger partial charge in [-0.2, -0.15) is 0 Å². The van der Waals surface area contributed by atoms with Gasteiger partial charge in [0.05, 0.1) is 30.9 Å². The van der Waals surface area contributed by atoms with Crippen molar-refractivity contribution in [3.05, 3.63) is 35.4 Å². The zero-order valence-corrected chi connectivity index (χ0v) is 11.0. The zero-order valence-electron chi connectivity index (χ0n) is 11.0. The van der Waals surface area contributed by atoms with Crippen molar-refractivity contribution in [3.63, 3.8) is 0 Å². The molecule has 0 amide bonds. The Bertz CT molecular complexity index is 449. The fraction of sp³-hybridized carbons (Fsp3) is 0.500. The largest absolute Gasteiger partial charge is 0.478 e. The number of benzene rings is 1. The summed E-state index contributed by atoms with van der Waals surface area (Å²) in [5, 5.41) is 18.8. The van der Waals surface area contributed by atoms with Crippen LogP contribution in [0.2, 0.25) is 0 Å². The number of aliphatic hydroxyl groups excluding tert-OH is 1. The Morgan fingerprint density at radius 2 is 2.26 bits per heavy atom. The summed E-state index contributed by atoms with van der Waals surface area (Å²) < 4.78 is 5.27. The van der Waals surface area contributed by atoms with Gasteiger partial charge in [0, 0.05) is 6.54 Å². The number of ether oxygens (including phenoxy) is 1. The van der Waals surface area contributed by atoms with Crippen LogP contribution in [0.1, 0.15) is 22.8 Å². The van der Waals surface area contributed by atoms with Crippen molar-refractivity contribution in [3.8, 4) is 0 Å². The Morgan fingerprint density at radius 1 is 1.47 bits per heavy atom. The van der Waals surface area contributed by atoms with Crippen molar-refractivity contribution in [2.75, 3.05) is 19.8 Å². The van der Waals surface area contributed by atoms with Gasteiger partial charge < -0.3 is 14.9 Å². The average molecular weight is 265 g/mol. The van der Waals surface area contributed by atoms with Crippen LogP contribution >= 0.6 is 0 Å². The first-order valence-electron chi connectivity index (χ1n) is 6.44. The van der Waals surface area contributed by atoms with E-state index >= 15 is 0 Å². The molecule has 1 aliphatic rings. The molecule has 0 bridgehead atoms. The van der Waals surface area contributed by atoms with Gasteiger partial charge in [-0.1, -0.05) is 19.1 Å². The minimum absolute atomic E-state index is 0.0153. The van der Waals surface area contributed by atoms with Gasteiger partial charge in [-0.05, 0) is 24.2 Å². The number of carboxylic acid groups (broad SMARTS) is 1. The average Bonchev–Trinajstić information content (AvgIpc) is 2.82. The summed E-state index contributed by atoms with van der Waals surface area (Å²) in [7, 11) is 0. The normalized spacial score (nSPS) is 22.9. The smallest absolute Gasteiger partial charge is 0.335 e. The summed E-state index contributed by atoms with van der Waals surface area (Å²) in [5.74, 6) is -0.922. The van der Waals surface area contributed by atoms with Gasteiger partial charge in [0.25, 0.3) is 0 Å². The highest BCUT2D eigenvalue weighted by Crippen LogP contribution is 2.17. The van der Waals surface area contributed by atoms with Crippen LogP contribution in [-0.2, 0) is 11.3 Å². The highest BCUT2D eigenvalue weighted by molar-refractivity contribution is 5.87. The minimum Gasteiger partial charge on any atom is -0.478 e. The summed E-state index contributed by atoms with van der Waals surface area (Å²) in [6, 6.07) is 6.88. The second kappa shape index (κ2) is 6.14. The van der Waals surface area contributed by atoms with E-state index in [9.17, 15) is 9.90 Å². The molecular formula is C14H19NO4. The van der Waals surface area contributed by atoms with E-state index in [1.54, 1.807) is 18.2 Å². The molecule has 1 aromatic carbocycles. The predicted octanol–water partition coefficient (Wildman–Crippen LogP) is 0.966. The Kier molecular flexibility index (Phi) is 4.52. The molecule has 1 fully saturated rings. The lowest BCUT2D eigenvalue weighted by molar-refractivity contribution is 0.0695. The number of hydrogen-bond donors (Lipinski definition) is 2. The number of carboxylic acids is 1. The maximum Gasteiger partial charge on any atom is 0.335 e. The summed E-state index contributed by atoms with van der Waals surface area (Å²) in [6.45, 7) is 4.31. The first kappa shape index (κ1) is 14.0. The molecule has 2 N–H and O–H groups in total. The highest BCUT2D eigenvalue weighted by atomic mass is 16.5.